The molecular weight excluding hydrogens is 796 g/mol. The molecule has 3 N–H and O–H groups in total. The molecule has 3 aliphatic heterocycles. The summed E-state index contributed by atoms with van der Waals surface area (Å²) in [6.07, 6.45) is 7.52. The standard InChI is InChI=1S/C36H40N9O8P.2K/c37-54(50,51)53-36-30(18-27(40-41-36)26-4-1-2-7-31(26)46)45-20-24(19-38-45)43-15-14-42(21-33(43)48)23-10-8-22(9-11-23)25-5-3-6-28-34(25)52-17-16-44(28)29-12-13-32(47)39-35(29)49;;/h1-7,18-20,22-23,29,46H,8-17,21H2,(H3,37,50,51)(H,39,47,49);;/q;2*+1/p-2/t22?,23?,29-;;/m0../s1. The number of aromatic nitrogens is 4. The van der Waals surface area contributed by atoms with Gasteiger partial charge in [0.15, 0.2) is 0 Å². The number of anilines is 2. The van der Waals surface area contributed by atoms with E-state index in [0.29, 0.717) is 44.8 Å². The van der Waals surface area contributed by atoms with E-state index >= 15 is 0 Å². The van der Waals surface area contributed by atoms with Crippen LogP contribution >= 0.6 is 7.75 Å². The van der Waals surface area contributed by atoms with Crippen molar-refractivity contribution in [2.75, 3.05) is 42.6 Å². The Hall–Kier alpha value is -2.08. The first kappa shape index (κ1) is 43.5. The van der Waals surface area contributed by atoms with E-state index in [1.54, 1.807) is 29.3 Å². The number of nitrogens with zero attached hydrogens (tertiary/aromatic N) is 7. The van der Waals surface area contributed by atoms with E-state index in [2.05, 4.69) is 36.5 Å². The molecule has 1 saturated carbocycles. The average Bonchev–Trinajstić information content (AvgIpc) is 3.64. The summed E-state index contributed by atoms with van der Waals surface area (Å²) in [4.78, 5) is 55.8. The molecule has 2 atom stereocenters. The molecule has 3 amide bonds. The largest absolute Gasteiger partial charge is 1.00 e. The summed E-state index contributed by atoms with van der Waals surface area (Å²) < 4.78 is 24.3. The Morgan fingerprint density at radius 3 is 2.46 bits per heavy atom. The third-order valence-electron chi connectivity index (χ3n) is 10.6. The molecule has 1 aliphatic carbocycles. The Kier molecular flexibility index (Phi) is 14.3. The second-order valence-corrected chi connectivity index (χ2v) is 15.2. The molecule has 17 nitrogen and oxygen atoms in total. The van der Waals surface area contributed by atoms with Crippen LogP contribution in [0.2, 0.25) is 0 Å². The predicted molar refractivity (Wildman–Crippen MR) is 191 cm³/mol. The van der Waals surface area contributed by atoms with Gasteiger partial charge in [-0.3, -0.25) is 34.7 Å². The summed E-state index contributed by atoms with van der Waals surface area (Å²) in [5, 5.41) is 27.2. The molecule has 4 aliphatic rings. The Bertz CT molecular complexity index is 2160. The zero-order chi connectivity index (χ0) is 37.6. The van der Waals surface area contributed by atoms with E-state index < -0.39 is 19.7 Å². The Morgan fingerprint density at radius 1 is 0.946 bits per heavy atom. The zero-order valence-corrected chi connectivity index (χ0v) is 38.3. The van der Waals surface area contributed by atoms with E-state index in [-0.39, 0.29) is 162 Å². The van der Waals surface area contributed by atoms with Crippen LogP contribution in [0.3, 0.4) is 0 Å². The van der Waals surface area contributed by atoms with E-state index in [0.717, 1.165) is 42.7 Å². The fourth-order valence-electron chi connectivity index (χ4n) is 8.06. The molecule has 0 spiro atoms. The van der Waals surface area contributed by atoms with Gasteiger partial charge in [0.05, 0.1) is 42.6 Å². The van der Waals surface area contributed by atoms with Crippen molar-refractivity contribution in [1.82, 2.24) is 30.2 Å². The number of nitrogens with two attached hydrogens (primary N) is 1. The van der Waals surface area contributed by atoms with Crippen molar-refractivity contribution >= 4 is 36.8 Å². The Morgan fingerprint density at radius 2 is 1.73 bits per heavy atom. The summed E-state index contributed by atoms with van der Waals surface area (Å²) in [5.41, 5.74) is 8.15. The number of piperazine rings is 1. The van der Waals surface area contributed by atoms with Crippen molar-refractivity contribution in [3.63, 3.8) is 0 Å². The minimum atomic E-state index is -4.78. The van der Waals surface area contributed by atoms with E-state index in [9.17, 15) is 28.9 Å². The number of fused-ring (bicyclic) bond motifs is 1. The van der Waals surface area contributed by atoms with E-state index in [1.807, 2.05) is 12.1 Å². The van der Waals surface area contributed by atoms with Crippen LogP contribution in [0.1, 0.15) is 50.0 Å². The van der Waals surface area contributed by atoms with Crippen LogP contribution in [0.5, 0.6) is 17.4 Å². The first-order valence-corrected chi connectivity index (χ1v) is 19.5. The fourth-order valence-corrected chi connectivity index (χ4v) is 8.43. The van der Waals surface area contributed by atoms with Crippen LogP contribution in [-0.2, 0) is 18.9 Å². The molecule has 282 valence electrons. The number of imide groups is 1. The first-order valence-electron chi connectivity index (χ1n) is 17.9. The number of hydrogen-bond donors (Lipinski definition) is 2. The molecule has 2 aromatic heterocycles. The maximum Gasteiger partial charge on any atom is 1.00 e. The summed E-state index contributed by atoms with van der Waals surface area (Å²) in [7, 11) is -4.78. The third-order valence-corrected chi connectivity index (χ3v) is 11.1. The molecule has 8 rings (SSSR count). The van der Waals surface area contributed by atoms with Crippen LogP contribution in [0.25, 0.3) is 16.9 Å². The number of nitrogens with one attached hydrogen (secondary N) is 1. The van der Waals surface area contributed by atoms with Crippen LogP contribution in [-0.4, -0.2) is 87.5 Å². The summed E-state index contributed by atoms with van der Waals surface area (Å²) >= 11 is 0. The van der Waals surface area contributed by atoms with Crippen LogP contribution in [0, 0.1) is 0 Å². The molecule has 20 heteroatoms. The average molecular weight is 834 g/mol. The maximum absolute atomic E-state index is 13.6. The van der Waals surface area contributed by atoms with E-state index in [4.69, 9.17) is 14.8 Å². The molecule has 3 fully saturated rings. The Labute approximate surface area is 408 Å². The predicted octanol–water partition coefficient (Wildman–Crippen LogP) is -4.40. The SMILES string of the molecule is NP(=O)([O-])Oc1nnc(-c2ccccc2[O-])cc1-n1cc(N2CCN(C3CCC(c4cccc5c4OCCN5[C@H]4CCC(=O)NC4=O)CC3)CC2=O)cn1.[K+].[K+]. The van der Waals surface area contributed by atoms with E-state index in [1.165, 1.54) is 23.0 Å². The van der Waals surface area contributed by atoms with Gasteiger partial charge in [0.2, 0.25) is 17.7 Å². The fraction of sp³-hybridized carbons (Fsp3) is 0.389. The Balaban J connectivity index is 0.00000266. The summed E-state index contributed by atoms with van der Waals surface area (Å²) in [6, 6.07) is 13.6. The number of ether oxygens (including phenoxy) is 1. The normalized spacial score (nSPS) is 22.5. The van der Waals surface area contributed by atoms with Crippen molar-refractivity contribution in [3.05, 3.63) is 66.5 Å². The molecule has 0 radical (unpaired) electrons. The third kappa shape index (κ3) is 9.36. The number of benzene rings is 2. The molecule has 1 unspecified atom stereocenters. The molecule has 2 aromatic carbocycles. The van der Waals surface area contributed by atoms with Crippen LogP contribution in [0.4, 0.5) is 11.4 Å². The number of hydrogen-bond acceptors (Lipinski definition) is 13. The molecule has 0 bridgehead atoms. The van der Waals surface area contributed by atoms with Crippen molar-refractivity contribution < 1.29 is 141 Å². The zero-order valence-electron chi connectivity index (χ0n) is 31.2. The topological polar surface area (TPSA) is 224 Å². The molecular formula is C36H38K2N9O8P. The van der Waals surface area contributed by atoms with Gasteiger partial charge in [-0.15, -0.1) is 10.2 Å². The van der Waals surface area contributed by atoms with Crippen molar-refractivity contribution in [1.29, 1.82) is 0 Å². The monoisotopic (exact) mass is 833 g/mol. The van der Waals surface area contributed by atoms with Crippen molar-refractivity contribution in [3.8, 4) is 34.3 Å². The van der Waals surface area contributed by atoms with Gasteiger partial charge in [-0.05, 0) is 61.3 Å². The van der Waals surface area contributed by atoms with Gasteiger partial charge in [0.1, 0.15) is 24.1 Å². The smallest absolute Gasteiger partial charge is 0.872 e. The van der Waals surface area contributed by atoms with Crippen LogP contribution < -0.4 is 143 Å². The van der Waals surface area contributed by atoms with Gasteiger partial charge in [0.25, 0.3) is 13.6 Å². The second kappa shape index (κ2) is 18.5. The van der Waals surface area contributed by atoms with Crippen molar-refractivity contribution in [2.45, 2.75) is 56.5 Å². The number of rotatable bonds is 8. The number of amides is 3. The molecule has 56 heavy (non-hydrogen) atoms. The molecule has 5 heterocycles. The van der Waals surface area contributed by atoms with Gasteiger partial charge >= 0.3 is 103 Å². The first-order chi connectivity index (χ1) is 26.0. The van der Waals surface area contributed by atoms with Gasteiger partial charge in [-0.25, -0.2) is 4.68 Å². The maximum atomic E-state index is 13.6. The number of para-hydroxylation sites is 2. The molecule has 4 aromatic rings. The second-order valence-electron chi connectivity index (χ2n) is 13.9. The van der Waals surface area contributed by atoms with Gasteiger partial charge in [0, 0.05) is 25.6 Å². The quantitative estimate of drug-likeness (QED) is 0.0973. The van der Waals surface area contributed by atoms with Gasteiger partial charge in [-0.1, -0.05) is 42.1 Å². The van der Waals surface area contributed by atoms with Crippen molar-refractivity contribution in [2.24, 2.45) is 5.50 Å². The minimum absolute atomic E-state index is 0. The van der Waals surface area contributed by atoms with Gasteiger partial charge < -0.3 is 29.1 Å². The number of piperidine rings is 1. The van der Waals surface area contributed by atoms with Crippen LogP contribution in [0.15, 0.2) is 60.9 Å². The minimum Gasteiger partial charge on any atom is -0.872 e. The summed E-state index contributed by atoms with van der Waals surface area (Å²) in [5.74, 6) is -0.239. The number of carbonyl (C=O) groups excluding carboxylic acids is 3. The molecule has 2 saturated heterocycles. The number of carbonyl (C=O) groups is 3. The van der Waals surface area contributed by atoms with Gasteiger partial charge in [-0.2, -0.15) is 5.10 Å². The summed E-state index contributed by atoms with van der Waals surface area (Å²) in [6.45, 7) is 2.34.